The van der Waals surface area contributed by atoms with E-state index in [1.54, 1.807) is 0 Å². The van der Waals surface area contributed by atoms with E-state index in [9.17, 15) is 4.79 Å². The molecule has 6 heteroatoms. The minimum Gasteiger partial charge on any atom is -0.341 e. The third kappa shape index (κ3) is 4.23. The molecular weight excluding hydrogens is 398 g/mol. The lowest BCUT2D eigenvalue weighted by atomic mass is 10.00. The van der Waals surface area contributed by atoms with Gasteiger partial charge in [0.1, 0.15) is 0 Å². The number of nitrogens with zero attached hydrogens (tertiary/aromatic N) is 5. The fourth-order valence-corrected chi connectivity index (χ4v) is 4.67. The minimum atomic E-state index is 0.0502. The van der Waals surface area contributed by atoms with Crippen molar-refractivity contribution >= 4 is 11.9 Å². The second-order valence-electron chi connectivity index (χ2n) is 8.73. The number of benzene rings is 2. The van der Waals surface area contributed by atoms with Gasteiger partial charge in [0.05, 0.1) is 6.04 Å². The summed E-state index contributed by atoms with van der Waals surface area (Å²) in [5.74, 6) is 0.866. The number of piperazine rings is 1. The van der Waals surface area contributed by atoms with Gasteiger partial charge in [0.2, 0.25) is 5.95 Å². The monoisotopic (exact) mass is 427 g/mol. The van der Waals surface area contributed by atoms with Gasteiger partial charge in [0, 0.05) is 56.2 Å². The zero-order valence-corrected chi connectivity index (χ0v) is 18.5. The van der Waals surface area contributed by atoms with Gasteiger partial charge < -0.3 is 14.7 Å². The third-order valence-corrected chi connectivity index (χ3v) is 6.50. The van der Waals surface area contributed by atoms with Crippen LogP contribution in [0.15, 0.2) is 67.0 Å². The van der Waals surface area contributed by atoms with Crippen LogP contribution in [-0.4, -0.2) is 65.4 Å². The van der Waals surface area contributed by atoms with Gasteiger partial charge in [-0.2, -0.15) is 0 Å². The van der Waals surface area contributed by atoms with Gasteiger partial charge in [-0.05, 0) is 43.1 Å². The van der Waals surface area contributed by atoms with E-state index in [2.05, 4.69) is 38.9 Å². The van der Waals surface area contributed by atoms with Crippen LogP contribution in [0.3, 0.4) is 0 Å². The van der Waals surface area contributed by atoms with E-state index in [1.807, 2.05) is 59.8 Å². The van der Waals surface area contributed by atoms with Gasteiger partial charge in [0.15, 0.2) is 0 Å². The van der Waals surface area contributed by atoms with E-state index in [-0.39, 0.29) is 11.9 Å². The standard InChI is InChI=1S/C26H29N5O/c1-29-14-15-31(24(19-29)20-8-3-2-4-9-20)25(32)22-11-7-10-21(16-22)23-17-27-26(28-18-23)30-12-5-6-13-30/h2-4,7-11,16-18,24H,5-6,12-15,19H2,1H3/t24-/m1/s1. The van der Waals surface area contributed by atoms with Crippen LogP contribution < -0.4 is 4.90 Å². The van der Waals surface area contributed by atoms with Crippen molar-refractivity contribution in [3.8, 4) is 11.1 Å². The van der Waals surface area contributed by atoms with Crippen molar-refractivity contribution in [2.24, 2.45) is 0 Å². The Bertz CT molecular complexity index is 1060. The highest BCUT2D eigenvalue weighted by Crippen LogP contribution is 2.28. The van der Waals surface area contributed by atoms with Crippen molar-refractivity contribution in [2.75, 3.05) is 44.7 Å². The van der Waals surface area contributed by atoms with E-state index in [0.717, 1.165) is 43.3 Å². The van der Waals surface area contributed by atoms with Crippen molar-refractivity contribution in [3.05, 3.63) is 78.1 Å². The van der Waals surface area contributed by atoms with Crippen LogP contribution in [0.1, 0.15) is 34.8 Å². The lowest BCUT2D eigenvalue weighted by Crippen LogP contribution is -2.49. The van der Waals surface area contributed by atoms with Crippen LogP contribution in [0, 0.1) is 0 Å². The number of amides is 1. The molecule has 1 atom stereocenters. The highest BCUT2D eigenvalue weighted by molar-refractivity contribution is 5.95. The summed E-state index contributed by atoms with van der Waals surface area (Å²) in [5, 5.41) is 0. The maximum Gasteiger partial charge on any atom is 0.254 e. The molecule has 2 aromatic carbocycles. The maximum atomic E-state index is 13.6. The molecule has 3 heterocycles. The molecule has 0 radical (unpaired) electrons. The first-order valence-corrected chi connectivity index (χ1v) is 11.4. The molecule has 3 aromatic rings. The highest BCUT2D eigenvalue weighted by atomic mass is 16.2. The summed E-state index contributed by atoms with van der Waals surface area (Å²) in [6.07, 6.45) is 6.14. The fourth-order valence-electron chi connectivity index (χ4n) is 4.67. The Balaban J connectivity index is 1.39. The Labute approximate surface area is 189 Å². The molecule has 0 saturated carbocycles. The largest absolute Gasteiger partial charge is 0.341 e. The number of carbonyl (C=O) groups is 1. The number of anilines is 1. The molecule has 0 N–H and O–H groups in total. The Morgan fingerprint density at radius 3 is 2.38 bits per heavy atom. The Morgan fingerprint density at radius 2 is 1.62 bits per heavy atom. The summed E-state index contributed by atoms with van der Waals surface area (Å²) in [6.45, 7) is 4.47. The number of rotatable bonds is 4. The lowest BCUT2D eigenvalue weighted by molar-refractivity contribution is 0.0498. The van der Waals surface area contributed by atoms with Crippen LogP contribution in [0.25, 0.3) is 11.1 Å². The number of likely N-dealkylation sites (N-methyl/N-ethyl adjacent to an activating group) is 1. The summed E-state index contributed by atoms with van der Waals surface area (Å²) in [6, 6.07) is 18.2. The average molecular weight is 428 g/mol. The zero-order chi connectivity index (χ0) is 21.9. The van der Waals surface area contributed by atoms with E-state index >= 15 is 0 Å². The summed E-state index contributed by atoms with van der Waals surface area (Å²) in [4.78, 5) is 29.2. The Hall–Kier alpha value is -3.25. The van der Waals surface area contributed by atoms with Crippen molar-refractivity contribution in [1.29, 1.82) is 0 Å². The molecule has 2 fully saturated rings. The smallest absolute Gasteiger partial charge is 0.254 e. The Morgan fingerprint density at radius 1 is 0.875 bits per heavy atom. The number of carbonyl (C=O) groups excluding carboxylic acids is 1. The van der Waals surface area contributed by atoms with Crippen LogP contribution in [0.2, 0.25) is 0 Å². The van der Waals surface area contributed by atoms with Gasteiger partial charge >= 0.3 is 0 Å². The molecule has 2 aliphatic heterocycles. The predicted octanol–water partition coefficient (Wildman–Crippen LogP) is 3.87. The van der Waals surface area contributed by atoms with Gasteiger partial charge in [0.25, 0.3) is 5.91 Å². The van der Waals surface area contributed by atoms with Gasteiger partial charge in [-0.1, -0.05) is 42.5 Å². The SMILES string of the molecule is CN1CCN(C(=O)c2cccc(-c3cnc(N4CCCC4)nc3)c2)[C@@H](c2ccccc2)C1. The quantitative estimate of drug-likeness (QED) is 0.633. The van der Waals surface area contributed by atoms with Crippen LogP contribution in [0.4, 0.5) is 5.95 Å². The number of aromatic nitrogens is 2. The number of hydrogen-bond acceptors (Lipinski definition) is 5. The summed E-state index contributed by atoms with van der Waals surface area (Å²) in [7, 11) is 2.12. The normalized spacial score (nSPS) is 19.3. The highest BCUT2D eigenvalue weighted by Gasteiger charge is 2.30. The summed E-state index contributed by atoms with van der Waals surface area (Å²) in [5.41, 5.74) is 3.78. The first kappa shape index (κ1) is 20.6. The summed E-state index contributed by atoms with van der Waals surface area (Å²) >= 11 is 0. The molecule has 5 rings (SSSR count). The fraction of sp³-hybridized carbons (Fsp3) is 0.346. The van der Waals surface area contributed by atoms with Crippen molar-refractivity contribution < 1.29 is 4.79 Å². The second-order valence-corrected chi connectivity index (χ2v) is 8.73. The first-order chi connectivity index (χ1) is 15.7. The molecule has 0 bridgehead atoms. The molecule has 2 saturated heterocycles. The first-order valence-electron chi connectivity index (χ1n) is 11.4. The van der Waals surface area contributed by atoms with Crippen molar-refractivity contribution in [2.45, 2.75) is 18.9 Å². The molecule has 6 nitrogen and oxygen atoms in total. The molecule has 0 aliphatic carbocycles. The Kier molecular flexibility index (Phi) is 5.86. The van der Waals surface area contributed by atoms with E-state index in [1.165, 1.54) is 18.4 Å². The topological polar surface area (TPSA) is 52.6 Å². The molecule has 2 aliphatic rings. The van der Waals surface area contributed by atoms with Gasteiger partial charge in [-0.3, -0.25) is 4.79 Å². The zero-order valence-electron chi connectivity index (χ0n) is 18.5. The molecule has 1 aromatic heterocycles. The molecule has 32 heavy (non-hydrogen) atoms. The maximum absolute atomic E-state index is 13.6. The van der Waals surface area contributed by atoms with Crippen molar-refractivity contribution in [3.63, 3.8) is 0 Å². The van der Waals surface area contributed by atoms with E-state index in [4.69, 9.17) is 0 Å². The predicted molar refractivity (Wildman–Crippen MR) is 127 cm³/mol. The second kappa shape index (κ2) is 9.09. The molecular formula is C26H29N5O. The minimum absolute atomic E-state index is 0.0502. The van der Waals surface area contributed by atoms with Gasteiger partial charge in [-0.15, -0.1) is 0 Å². The van der Waals surface area contributed by atoms with Crippen LogP contribution in [0.5, 0.6) is 0 Å². The molecule has 0 unspecified atom stereocenters. The lowest BCUT2D eigenvalue weighted by Gasteiger charge is -2.40. The summed E-state index contributed by atoms with van der Waals surface area (Å²) < 4.78 is 0. The number of hydrogen-bond donors (Lipinski definition) is 0. The van der Waals surface area contributed by atoms with Gasteiger partial charge in [-0.25, -0.2) is 9.97 Å². The molecule has 0 spiro atoms. The van der Waals surface area contributed by atoms with Crippen LogP contribution >= 0.6 is 0 Å². The molecule has 1 amide bonds. The molecule has 164 valence electrons. The van der Waals surface area contributed by atoms with Crippen molar-refractivity contribution in [1.82, 2.24) is 19.8 Å². The van der Waals surface area contributed by atoms with Crippen LogP contribution in [-0.2, 0) is 0 Å². The third-order valence-electron chi connectivity index (χ3n) is 6.50. The van der Waals surface area contributed by atoms with E-state index < -0.39 is 0 Å². The van der Waals surface area contributed by atoms with E-state index in [0.29, 0.717) is 12.1 Å². The average Bonchev–Trinajstić information content (AvgIpc) is 3.39.